The van der Waals surface area contributed by atoms with Gasteiger partial charge in [0.05, 0.1) is 12.7 Å². The van der Waals surface area contributed by atoms with Crippen LogP contribution in [-0.4, -0.2) is 41.8 Å². The lowest BCUT2D eigenvalue weighted by molar-refractivity contribution is -0.272. The highest BCUT2D eigenvalue weighted by Crippen LogP contribution is 2.55. The minimum atomic E-state index is -4.94. The minimum absolute atomic E-state index is 0.0133. The summed E-state index contributed by atoms with van der Waals surface area (Å²) in [6, 6.07) is 4.09. The summed E-state index contributed by atoms with van der Waals surface area (Å²) in [5.74, 6) is -7.05. The molecule has 0 aliphatic carbocycles. The Morgan fingerprint density at radius 3 is 2.46 bits per heavy atom. The van der Waals surface area contributed by atoms with Crippen LogP contribution in [0.5, 0.6) is 5.75 Å². The van der Waals surface area contributed by atoms with Gasteiger partial charge < -0.3 is 20.5 Å². The summed E-state index contributed by atoms with van der Waals surface area (Å²) in [6.45, 7) is 1.90. The number of nitrogens with zero attached hydrogens (tertiary/aromatic N) is 1. The van der Waals surface area contributed by atoms with E-state index in [1.54, 1.807) is 0 Å². The molecule has 4 atom stereocenters. The Morgan fingerprint density at radius 2 is 1.91 bits per heavy atom. The fraction of sp³-hybridized carbons (Fsp3) is 0.409. The molecule has 2 amide bonds. The minimum Gasteiger partial charge on any atom is -0.493 e. The van der Waals surface area contributed by atoms with Gasteiger partial charge in [0.1, 0.15) is 11.8 Å². The van der Waals surface area contributed by atoms with Crippen LogP contribution in [0.3, 0.4) is 0 Å². The number of carbonyl (C=O) groups is 2. The van der Waals surface area contributed by atoms with Crippen molar-refractivity contribution in [3.05, 3.63) is 53.1 Å². The lowest BCUT2D eigenvalue weighted by Gasteiger charge is -2.32. The third-order valence-electron chi connectivity index (χ3n) is 6.16. The van der Waals surface area contributed by atoms with Crippen molar-refractivity contribution in [3.8, 4) is 5.75 Å². The number of pyridine rings is 1. The second-order valence-electron chi connectivity index (χ2n) is 8.13. The highest BCUT2D eigenvalue weighted by molar-refractivity contribution is 5.97. The normalized spacial score (nSPS) is 24.5. The molecule has 1 saturated heterocycles. The van der Waals surface area contributed by atoms with E-state index in [2.05, 4.69) is 10.3 Å². The van der Waals surface area contributed by atoms with Crippen molar-refractivity contribution in [2.75, 3.05) is 12.4 Å². The van der Waals surface area contributed by atoms with Crippen molar-refractivity contribution < 1.29 is 45.4 Å². The maximum atomic E-state index is 14.8. The van der Waals surface area contributed by atoms with Gasteiger partial charge in [-0.05, 0) is 25.1 Å². The zero-order valence-electron chi connectivity index (χ0n) is 18.6. The second-order valence-corrected chi connectivity index (χ2v) is 8.13. The summed E-state index contributed by atoms with van der Waals surface area (Å²) < 4.78 is 93.3. The molecular formula is C22H21F6N3O4. The van der Waals surface area contributed by atoms with Crippen molar-refractivity contribution in [2.45, 2.75) is 44.1 Å². The maximum Gasteiger partial charge on any atom is 0.417 e. The number of ether oxygens (including phenoxy) is 2. The average molecular weight is 505 g/mol. The maximum absolute atomic E-state index is 14.8. The van der Waals surface area contributed by atoms with Gasteiger partial charge in [0.15, 0.2) is 17.2 Å². The fourth-order valence-corrected chi connectivity index (χ4v) is 4.10. The number of rotatable bonds is 6. The van der Waals surface area contributed by atoms with Crippen molar-refractivity contribution in [1.82, 2.24) is 4.98 Å². The molecule has 190 valence electrons. The van der Waals surface area contributed by atoms with Crippen LogP contribution in [0.2, 0.25) is 0 Å². The molecule has 0 unspecified atom stereocenters. The first-order valence-corrected chi connectivity index (χ1v) is 10.2. The predicted octanol–water partition coefficient (Wildman–Crippen LogP) is 4.34. The summed E-state index contributed by atoms with van der Waals surface area (Å²) in [5.41, 5.74) is 0.816. The van der Waals surface area contributed by atoms with Gasteiger partial charge in [0.25, 0.3) is 18.2 Å². The molecule has 3 rings (SSSR count). The van der Waals surface area contributed by atoms with Gasteiger partial charge in [-0.25, -0.2) is 13.2 Å². The quantitative estimate of drug-likeness (QED) is 0.569. The summed E-state index contributed by atoms with van der Waals surface area (Å²) in [7, 11) is 0.970. The molecule has 0 saturated carbocycles. The Bertz CT molecular complexity index is 1140. The standard InChI is InChI=1S/C22H21F6N3O4/c1-9-14(11-4-5-12(18(24)25)15(23)16(11)34-3)17(35-21(9,2)22(26,27)28)20(33)31-10-6-7-30-13(8-10)19(29)32/h4-9,14,17-18H,1-3H3,(H2,29,32)(H,30,31,33)/t9-,14+,17-,21+/m1/s1. The number of anilines is 1. The smallest absolute Gasteiger partial charge is 0.417 e. The van der Waals surface area contributed by atoms with Gasteiger partial charge in [-0.1, -0.05) is 13.0 Å². The van der Waals surface area contributed by atoms with Gasteiger partial charge in [-0.3, -0.25) is 14.6 Å². The number of amides is 2. The van der Waals surface area contributed by atoms with E-state index < -0.39 is 65.1 Å². The Hall–Kier alpha value is -3.35. The molecular weight excluding hydrogens is 484 g/mol. The molecule has 1 aromatic heterocycles. The first kappa shape index (κ1) is 26.3. The van der Waals surface area contributed by atoms with Gasteiger partial charge in [0.2, 0.25) is 0 Å². The number of primary amides is 1. The van der Waals surface area contributed by atoms with Crippen LogP contribution in [0.15, 0.2) is 30.5 Å². The Kier molecular flexibility index (Phi) is 7.02. The Labute approximate surface area is 195 Å². The van der Waals surface area contributed by atoms with E-state index in [1.807, 2.05) is 0 Å². The molecule has 0 spiro atoms. The van der Waals surface area contributed by atoms with Crippen LogP contribution in [-0.2, 0) is 9.53 Å². The molecule has 1 aliphatic rings. The topological polar surface area (TPSA) is 104 Å². The van der Waals surface area contributed by atoms with Gasteiger partial charge >= 0.3 is 6.18 Å². The zero-order valence-corrected chi connectivity index (χ0v) is 18.6. The molecule has 1 aliphatic heterocycles. The summed E-state index contributed by atoms with van der Waals surface area (Å²) in [4.78, 5) is 28.2. The number of halogens is 6. The summed E-state index contributed by atoms with van der Waals surface area (Å²) >= 11 is 0. The molecule has 7 nitrogen and oxygen atoms in total. The molecule has 2 aromatic rings. The number of alkyl halides is 5. The van der Waals surface area contributed by atoms with Gasteiger partial charge in [-0.15, -0.1) is 0 Å². The average Bonchev–Trinajstić information content (AvgIpc) is 3.05. The van der Waals surface area contributed by atoms with E-state index >= 15 is 0 Å². The molecule has 0 radical (unpaired) electrons. The number of hydrogen-bond acceptors (Lipinski definition) is 5. The van der Waals surface area contributed by atoms with E-state index in [0.29, 0.717) is 0 Å². The number of nitrogens with two attached hydrogens (primary N) is 1. The number of aromatic nitrogens is 1. The zero-order chi connectivity index (χ0) is 26.3. The number of carbonyl (C=O) groups excluding carboxylic acids is 2. The SMILES string of the molecule is COc1c([C@@H]2[C@@H](C)[C@@](C)(C(F)(F)F)O[C@H]2C(=O)Nc2ccnc(C(N)=O)c2)ccc(C(F)F)c1F. The van der Waals surface area contributed by atoms with Crippen LogP contribution in [0.1, 0.15) is 47.8 Å². The lowest BCUT2D eigenvalue weighted by Crippen LogP contribution is -2.47. The van der Waals surface area contributed by atoms with Crippen LogP contribution < -0.4 is 15.8 Å². The van der Waals surface area contributed by atoms with Crippen molar-refractivity contribution in [2.24, 2.45) is 11.7 Å². The summed E-state index contributed by atoms with van der Waals surface area (Å²) in [6.07, 6.45) is -8.84. The third kappa shape index (κ3) is 4.64. The highest BCUT2D eigenvalue weighted by atomic mass is 19.4. The van der Waals surface area contributed by atoms with Crippen LogP contribution in [0.25, 0.3) is 0 Å². The number of methoxy groups -OCH3 is 1. The van der Waals surface area contributed by atoms with E-state index in [-0.39, 0.29) is 16.9 Å². The molecule has 13 heteroatoms. The molecule has 3 N–H and O–H groups in total. The highest BCUT2D eigenvalue weighted by Gasteiger charge is 2.65. The largest absolute Gasteiger partial charge is 0.493 e. The second kappa shape index (κ2) is 9.36. The Balaban J connectivity index is 2.10. The van der Waals surface area contributed by atoms with Crippen LogP contribution >= 0.6 is 0 Å². The molecule has 0 bridgehead atoms. The number of benzene rings is 1. The van der Waals surface area contributed by atoms with Crippen molar-refractivity contribution in [3.63, 3.8) is 0 Å². The fourth-order valence-electron chi connectivity index (χ4n) is 4.10. The summed E-state index contributed by atoms with van der Waals surface area (Å²) in [5, 5.41) is 2.34. The Morgan fingerprint density at radius 1 is 1.26 bits per heavy atom. The lowest BCUT2D eigenvalue weighted by atomic mass is 9.76. The molecule has 2 heterocycles. The predicted molar refractivity (Wildman–Crippen MR) is 111 cm³/mol. The van der Waals surface area contributed by atoms with Crippen molar-refractivity contribution in [1.29, 1.82) is 0 Å². The van der Waals surface area contributed by atoms with Gasteiger partial charge in [0, 0.05) is 29.3 Å². The molecule has 1 fully saturated rings. The van der Waals surface area contributed by atoms with Gasteiger partial charge in [-0.2, -0.15) is 13.2 Å². The third-order valence-corrected chi connectivity index (χ3v) is 6.16. The van der Waals surface area contributed by atoms with E-state index in [9.17, 15) is 35.9 Å². The van der Waals surface area contributed by atoms with Crippen LogP contribution in [0, 0.1) is 11.7 Å². The van der Waals surface area contributed by atoms with E-state index in [0.717, 1.165) is 45.4 Å². The van der Waals surface area contributed by atoms with Crippen molar-refractivity contribution >= 4 is 17.5 Å². The molecule has 1 aromatic carbocycles. The number of nitrogens with one attached hydrogen (secondary N) is 1. The van der Waals surface area contributed by atoms with E-state index in [4.69, 9.17) is 15.2 Å². The first-order valence-electron chi connectivity index (χ1n) is 10.2. The van der Waals surface area contributed by atoms with E-state index in [1.165, 1.54) is 6.07 Å². The monoisotopic (exact) mass is 505 g/mol. The number of hydrogen-bond donors (Lipinski definition) is 2. The molecule has 35 heavy (non-hydrogen) atoms. The first-order chi connectivity index (χ1) is 16.2. The van der Waals surface area contributed by atoms with Crippen LogP contribution in [0.4, 0.5) is 32.0 Å².